The number of rotatable bonds is 4. The van der Waals surface area contributed by atoms with Crippen molar-refractivity contribution in [3.05, 3.63) is 64.3 Å². The van der Waals surface area contributed by atoms with Gasteiger partial charge in [-0.15, -0.1) is 0 Å². The summed E-state index contributed by atoms with van der Waals surface area (Å²) in [5.74, 6) is 0.731. The number of nitrogens with one attached hydrogen (secondary N) is 1. The predicted octanol–water partition coefficient (Wildman–Crippen LogP) is 3.36. The van der Waals surface area contributed by atoms with E-state index in [1.807, 2.05) is 23.8 Å². The maximum Gasteiger partial charge on any atom is 0.131 e. The molecule has 8 heteroatoms. The molecule has 3 N–H and O–H groups in total. The van der Waals surface area contributed by atoms with E-state index in [4.69, 9.17) is 22.4 Å². The molecule has 144 valence electrons. The molecule has 0 radical (unpaired) electrons. The van der Waals surface area contributed by atoms with Crippen LogP contribution in [0.25, 0.3) is 5.52 Å². The lowest BCUT2D eigenvalue weighted by Crippen LogP contribution is -2.38. The number of aryl methyl sites for hydroxylation is 1. The summed E-state index contributed by atoms with van der Waals surface area (Å²) in [5.41, 5.74) is 11.3. The smallest absolute Gasteiger partial charge is 0.131 e. The lowest BCUT2D eigenvalue weighted by molar-refractivity contribution is 0.588. The first kappa shape index (κ1) is 18.3. The predicted molar refractivity (Wildman–Crippen MR) is 114 cm³/mol. The number of hydrogen-bond donors (Lipinski definition) is 2. The molecule has 4 heterocycles. The highest BCUT2D eigenvalue weighted by Gasteiger charge is 2.33. The minimum atomic E-state index is -0.236. The van der Waals surface area contributed by atoms with Gasteiger partial charge in [0.2, 0.25) is 0 Å². The van der Waals surface area contributed by atoms with Gasteiger partial charge in [0.15, 0.2) is 0 Å². The first-order valence-corrected chi connectivity index (χ1v) is 9.41. The minimum absolute atomic E-state index is 0.236. The average Bonchev–Trinajstić information content (AvgIpc) is 3.14. The third-order valence-electron chi connectivity index (χ3n) is 5.13. The normalized spacial score (nSPS) is 17.2. The maximum atomic E-state index is 6.27. The molecule has 0 spiro atoms. The summed E-state index contributed by atoms with van der Waals surface area (Å²) in [6.07, 6.45) is 4.32. The van der Waals surface area contributed by atoms with Crippen molar-refractivity contribution in [2.75, 3.05) is 24.2 Å². The Morgan fingerprint density at radius 1 is 1.39 bits per heavy atom. The van der Waals surface area contributed by atoms with Gasteiger partial charge in [0.25, 0.3) is 0 Å². The number of nitrogens with zero attached hydrogens (tertiary/aromatic N) is 5. The Bertz CT molecular complexity index is 1090. The highest BCUT2D eigenvalue weighted by molar-refractivity contribution is 6.33. The molecule has 0 amide bonds. The quantitative estimate of drug-likeness (QED) is 0.662. The highest BCUT2D eigenvalue weighted by atomic mass is 35.5. The second kappa shape index (κ2) is 7.16. The van der Waals surface area contributed by atoms with Crippen LogP contribution in [-0.2, 0) is 0 Å². The third kappa shape index (κ3) is 2.97. The Kier molecular flexibility index (Phi) is 4.68. The molecule has 1 unspecified atom stereocenters. The molecule has 1 aliphatic heterocycles. The summed E-state index contributed by atoms with van der Waals surface area (Å²) >= 11 is 6.27. The number of anilines is 2. The molecule has 0 aromatic carbocycles. The van der Waals surface area contributed by atoms with Crippen LogP contribution in [0.15, 0.2) is 53.0 Å². The summed E-state index contributed by atoms with van der Waals surface area (Å²) < 4.78 is 1.89. The molecule has 1 aliphatic rings. The number of nitrogen functional groups attached to an aromatic ring is 1. The molecule has 28 heavy (non-hydrogen) atoms. The van der Waals surface area contributed by atoms with Crippen LogP contribution in [0.4, 0.5) is 11.5 Å². The number of fused-ring (bicyclic) bond motifs is 1. The zero-order chi connectivity index (χ0) is 19.8. The fraction of sp³-hybridized carbons (Fsp3) is 0.250. The van der Waals surface area contributed by atoms with E-state index in [0.29, 0.717) is 10.7 Å². The van der Waals surface area contributed by atoms with Gasteiger partial charge in [-0.3, -0.25) is 4.99 Å². The number of nitrogens with two attached hydrogens (primary N) is 1. The standard InChI is InChI=1S/C20H22ClN7/c1-12-5-4-7-28-17(12)10-16(26-28)20-19(24-3)15(23-2)6-8-27(20)18-9-13(21)14(22)11-25-18/h4-5,7,9-11,20,23H,3,6,8,22H2,1-2H3. The molecule has 3 aromatic rings. The van der Waals surface area contributed by atoms with Crippen molar-refractivity contribution in [2.24, 2.45) is 4.99 Å². The Labute approximate surface area is 168 Å². The van der Waals surface area contributed by atoms with Gasteiger partial charge in [-0.25, -0.2) is 9.50 Å². The Hall–Kier alpha value is -3.06. The Morgan fingerprint density at radius 3 is 2.89 bits per heavy atom. The Morgan fingerprint density at radius 2 is 2.21 bits per heavy atom. The fourth-order valence-corrected chi connectivity index (χ4v) is 3.83. The van der Waals surface area contributed by atoms with E-state index in [1.54, 1.807) is 12.3 Å². The molecule has 0 saturated carbocycles. The number of aromatic nitrogens is 3. The van der Waals surface area contributed by atoms with Crippen molar-refractivity contribution >= 4 is 35.3 Å². The third-order valence-corrected chi connectivity index (χ3v) is 5.46. The van der Waals surface area contributed by atoms with Gasteiger partial charge < -0.3 is 16.0 Å². The monoisotopic (exact) mass is 395 g/mol. The number of hydrogen-bond acceptors (Lipinski definition) is 6. The zero-order valence-electron chi connectivity index (χ0n) is 15.9. The average molecular weight is 396 g/mol. The summed E-state index contributed by atoms with van der Waals surface area (Å²) in [4.78, 5) is 11.0. The zero-order valence-corrected chi connectivity index (χ0v) is 16.6. The molecule has 0 bridgehead atoms. The van der Waals surface area contributed by atoms with Crippen molar-refractivity contribution in [3.63, 3.8) is 0 Å². The second-order valence-corrected chi connectivity index (χ2v) is 7.18. The Balaban J connectivity index is 1.90. The van der Waals surface area contributed by atoms with Gasteiger partial charge in [0, 0.05) is 38.0 Å². The first-order chi connectivity index (χ1) is 13.5. The molecule has 3 aromatic heterocycles. The van der Waals surface area contributed by atoms with Crippen LogP contribution in [0.3, 0.4) is 0 Å². The van der Waals surface area contributed by atoms with Gasteiger partial charge >= 0.3 is 0 Å². The van der Waals surface area contributed by atoms with Crippen molar-refractivity contribution in [1.29, 1.82) is 0 Å². The molecule has 4 rings (SSSR count). The van der Waals surface area contributed by atoms with Gasteiger partial charge in [-0.2, -0.15) is 5.10 Å². The molecule has 0 saturated heterocycles. The SMILES string of the molecule is C=NC1=C(NC)CCN(c2cc(Cl)c(N)cn2)C1c1cc2c(C)cccn2n1. The molecule has 0 fully saturated rings. The van der Waals surface area contributed by atoms with Crippen LogP contribution in [-0.4, -0.2) is 34.9 Å². The fourth-order valence-electron chi connectivity index (χ4n) is 3.68. The molecule has 7 nitrogen and oxygen atoms in total. The van der Waals surface area contributed by atoms with Crippen LogP contribution in [0.5, 0.6) is 0 Å². The lowest BCUT2D eigenvalue weighted by atomic mass is 9.99. The van der Waals surface area contributed by atoms with E-state index in [9.17, 15) is 0 Å². The topological polar surface area (TPSA) is 83.8 Å². The van der Waals surface area contributed by atoms with Gasteiger partial charge in [0.1, 0.15) is 11.9 Å². The number of pyridine rings is 2. The van der Waals surface area contributed by atoms with Crippen molar-refractivity contribution < 1.29 is 0 Å². The van der Waals surface area contributed by atoms with Gasteiger partial charge in [-0.1, -0.05) is 17.7 Å². The summed E-state index contributed by atoms with van der Waals surface area (Å²) in [6, 6.07) is 7.70. The van der Waals surface area contributed by atoms with Crippen LogP contribution >= 0.6 is 11.6 Å². The number of aliphatic imine (C=N–C) groups is 1. The molecular formula is C20H22ClN7. The highest BCUT2D eigenvalue weighted by Crippen LogP contribution is 2.39. The second-order valence-electron chi connectivity index (χ2n) is 6.77. The van der Waals surface area contributed by atoms with E-state index in [1.165, 1.54) is 0 Å². The largest absolute Gasteiger partial charge is 0.396 e. The summed E-state index contributed by atoms with van der Waals surface area (Å²) in [7, 11) is 1.90. The lowest BCUT2D eigenvalue weighted by Gasteiger charge is -2.37. The van der Waals surface area contributed by atoms with Crippen molar-refractivity contribution in [2.45, 2.75) is 19.4 Å². The van der Waals surface area contributed by atoms with E-state index < -0.39 is 0 Å². The van der Waals surface area contributed by atoms with E-state index in [0.717, 1.165) is 47.0 Å². The van der Waals surface area contributed by atoms with E-state index >= 15 is 0 Å². The van der Waals surface area contributed by atoms with Crippen LogP contribution in [0, 0.1) is 6.92 Å². The van der Waals surface area contributed by atoms with Crippen molar-refractivity contribution in [1.82, 2.24) is 19.9 Å². The van der Waals surface area contributed by atoms with Crippen LogP contribution in [0.1, 0.15) is 23.7 Å². The van der Waals surface area contributed by atoms with Crippen LogP contribution < -0.4 is 16.0 Å². The summed E-state index contributed by atoms with van der Waals surface area (Å²) in [5, 5.41) is 8.56. The minimum Gasteiger partial charge on any atom is -0.396 e. The maximum absolute atomic E-state index is 6.27. The summed E-state index contributed by atoms with van der Waals surface area (Å²) in [6.45, 7) is 6.62. The number of halogens is 1. The van der Waals surface area contributed by atoms with Gasteiger partial charge in [-0.05, 0) is 31.3 Å². The van der Waals surface area contributed by atoms with Crippen LogP contribution in [0.2, 0.25) is 5.02 Å². The van der Waals surface area contributed by atoms with E-state index in [2.05, 4.69) is 46.0 Å². The molecular weight excluding hydrogens is 374 g/mol. The van der Waals surface area contributed by atoms with E-state index in [-0.39, 0.29) is 6.04 Å². The molecule has 0 aliphatic carbocycles. The first-order valence-electron chi connectivity index (χ1n) is 9.03. The van der Waals surface area contributed by atoms with Crippen molar-refractivity contribution in [3.8, 4) is 0 Å². The molecule has 1 atom stereocenters. The van der Waals surface area contributed by atoms with Gasteiger partial charge in [0.05, 0.1) is 33.8 Å².